The highest BCUT2D eigenvalue weighted by Gasteiger charge is 2.45. The van der Waals surface area contributed by atoms with Crippen molar-refractivity contribution in [3.05, 3.63) is 59.7 Å². The number of nitrogens with one attached hydrogen (secondary N) is 2. The molecule has 1 heterocycles. The Morgan fingerprint density at radius 2 is 1.74 bits per heavy atom. The first-order valence-corrected chi connectivity index (χ1v) is 11.6. The number of aliphatic carboxylic acids is 1. The molecule has 180 valence electrons. The summed E-state index contributed by atoms with van der Waals surface area (Å²) >= 11 is 0. The normalized spacial score (nSPS) is 20.6. The molecule has 3 atom stereocenters. The monoisotopic (exact) mass is 466 g/mol. The molecule has 2 amide bonds. The Morgan fingerprint density at radius 1 is 1.12 bits per heavy atom. The van der Waals surface area contributed by atoms with Gasteiger partial charge in [0, 0.05) is 18.9 Å². The van der Waals surface area contributed by atoms with Gasteiger partial charge in [0.15, 0.2) is 5.54 Å². The molecule has 34 heavy (non-hydrogen) atoms. The molecule has 4 rings (SSSR count). The molecule has 2 aromatic carbocycles. The van der Waals surface area contributed by atoms with Gasteiger partial charge in [-0.15, -0.1) is 0 Å². The first kappa shape index (κ1) is 23.8. The van der Waals surface area contributed by atoms with Gasteiger partial charge in [0.1, 0.15) is 12.6 Å². The van der Waals surface area contributed by atoms with Crippen LogP contribution in [0.4, 0.5) is 4.79 Å². The summed E-state index contributed by atoms with van der Waals surface area (Å²) in [6, 6.07) is 15.2. The molecular weight excluding hydrogens is 436 g/mol. The molecule has 0 bridgehead atoms. The van der Waals surface area contributed by atoms with Crippen LogP contribution in [0.2, 0.25) is 0 Å². The van der Waals surface area contributed by atoms with Crippen LogP contribution < -0.4 is 10.6 Å². The summed E-state index contributed by atoms with van der Waals surface area (Å²) in [5.41, 5.74) is 2.96. The highest BCUT2D eigenvalue weighted by molar-refractivity contribution is 5.91. The van der Waals surface area contributed by atoms with E-state index in [4.69, 9.17) is 9.47 Å². The molecule has 2 aromatic rings. The molecule has 1 aliphatic heterocycles. The largest absolute Gasteiger partial charge is 0.479 e. The summed E-state index contributed by atoms with van der Waals surface area (Å²) in [4.78, 5) is 37.6. The summed E-state index contributed by atoms with van der Waals surface area (Å²) in [6.07, 6.45) is 0.0687. The summed E-state index contributed by atoms with van der Waals surface area (Å²) in [5.74, 6) is -2.04. The maximum absolute atomic E-state index is 13.0. The van der Waals surface area contributed by atoms with E-state index in [1.54, 1.807) is 0 Å². The number of carboxylic acids is 1. The van der Waals surface area contributed by atoms with Crippen molar-refractivity contribution in [2.75, 3.05) is 19.8 Å². The van der Waals surface area contributed by atoms with Gasteiger partial charge >= 0.3 is 12.1 Å². The van der Waals surface area contributed by atoms with Gasteiger partial charge in [0.2, 0.25) is 5.91 Å². The van der Waals surface area contributed by atoms with Crippen molar-refractivity contribution in [2.45, 2.75) is 44.2 Å². The lowest BCUT2D eigenvalue weighted by Gasteiger charge is -2.29. The average Bonchev–Trinajstić information content (AvgIpc) is 3.44. The molecule has 0 spiro atoms. The molecule has 1 saturated heterocycles. The van der Waals surface area contributed by atoms with E-state index in [2.05, 4.69) is 22.8 Å². The van der Waals surface area contributed by atoms with E-state index in [0.717, 1.165) is 22.3 Å². The van der Waals surface area contributed by atoms with Crippen molar-refractivity contribution in [2.24, 2.45) is 5.92 Å². The smallest absolute Gasteiger partial charge is 0.407 e. The predicted octanol–water partition coefficient (Wildman–Crippen LogP) is 3.30. The van der Waals surface area contributed by atoms with E-state index < -0.39 is 29.6 Å². The molecule has 8 nitrogen and oxygen atoms in total. The molecule has 0 aromatic heterocycles. The Kier molecular flexibility index (Phi) is 6.88. The zero-order valence-corrected chi connectivity index (χ0v) is 19.4. The number of carboxylic acid groups (broad SMARTS) is 1. The first-order valence-electron chi connectivity index (χ1n) is 11.6. The summed E-state index contributed by atoms with van der Waals surface area (Å²) in [5, 5.41) is 14.9. The zero-order valence-electron chi connectivity index (χ0n) is 19.4. The predicted molar refractivity (Wildman–Crippen MR) is 125 cm³/mol. The molecule has 1 fully saturated rings. The van der Waals surface area contributed by atoms with Crippen LogP contribution in [0.5, 0.6) is 0 Å². The van der Waals surface area contributed by atoms with Crippen LogP contribution in [-0.4, -0.2) is 54.5 Å². The van der Waals surface area contributed by atoms with Gasteiger partial charge in [-0.05, 0) is 28.2 Å². The van der Waals surface area contributed by atoms with Gasteiger partial charge in [-0.2, -0.15) is 0 Å². The first-order chi connectivity index (χ1) is 16.4. The minimum Gasteiger partial charge on any atom is -0.479 e. The van der Waals surface area contributed by atoms with Crippen molar-refractivity contribution in [1.82, 2.24) is 10.6 Å². The van der Waals surface area contributed by atoms with E-state index in [1.807, 2.05) is 50.2 Å². The van der Waals surface area contributed by atoms with E-state index in [1.165, 1.54) is 0 Å². The van der Waals surface area contributed by atoms with Gasteiger partial charge in [-0.1, -0.05) is 68.8 Å². The average molecular weight is 467 g/mol. The number of hydrogen-bond acceptors (Lipinski definition) is 5. The third-order valence-corrected chi connectivity index (χ3v) is 6.91. The number of amides is 2. The number of carbonyl (C=O) groups excluding carboxylic acids is 2. The molecule has 3 N–H and O–H groups in total. The Morgan fingerprint density at radius 3 is 2.26 bits per heavy atom. The number of rotatable bonds is 8. The molecular formula is C26H30N2O6. The second kappa shape index (κ2) is 9.85. The van der Waals surface area contributed by atoms with Crippen molar-refractivity contribution in [3.8, 4) is 11.1 Å². The SMILES string of the molecule is CC[C@H](C)[C@H](NC(=O)OCC1c2ccccc2-c2ccccc21)C(=O)NC1(C(=O)O)CCOC1. The van der Waals surface area contributed by atoms with Gasteiger partial charge in [0.25, 0.3) is 0 Å². The topological polar surface area (TPSA) is 114 Å². The van der Waals surface area contributed by atoms with Gasteiger partial charge in [-0.25, -0.2) is 9.59 Å². The van der Waals surface area contributed by atoms with Crippen LogP contribution in [0.25, 0.3) is 11.1 Å². The van der Waals surface area contributed by atoms with E-state index in [-0.39, 0.29) is 38.1 Å². The third kappa shape index (κ3) is 4.50. The van der Waals surface area contributed by atoms with Crippen LogP contribution in [0, 0.1) is 5.92 Å². The molecule has 0 radical (unpaired) electrons. The Bertz CT molecular complexity index is 1030. The molecule has 2 aliphatic rings. The summed E-state index contributed by atoms with van der Waals surface area (Å²) in [6.45, 7) is 4.00. The van der Waals surface area contributed by atoms with Crippen LogP contribution in [0.15, 0.2) is 48.5 Å². The van der Waals surface area contributed by atoms with Gasteiger partial charge in [0.05, 0.1) is 6.61 Å². The summed E-state index contributed by atoms with van der Waals surface area (Å²) < 4.78 is 10.8. The zero-order chi connectivity index (χ0) is 24.3. The Labute approximate surface area is 198 Å². The second-order valence-electron chi connectivity index (χ2n) is 9.01. The maximum atomic E-state index is 13.0. The fraction of sp³-hybridized carbons (Fsp3) is 0.423. The van der Waals surface area contributed by atoms with Crippen LogP contribution in [0.1, 0.15) is 43.7 Å². The molecule has 1 aliphatic carbocycles. The minimum absolute atomic E-state index is 0.0973. The molecule has 8 heteroatoms. The Balaban J connectivity index is 1.44. The van der Waals surface area contributed by atoms with E-state index in [0.29, 0.717) is 6.42 Å². The number of benzene rings is 2. The van der Waals surface area contributed by atoms with Crippen LogP contribution >= 0.6 is 0 Å². The summed E-state index contributed by atoms with van der Waals surface area (Å²) in [7, 11) is 0. The van der Waals surface area contributed by atoms with E-state index >= 15 is 0 Å². The Hall–Kier alpha value is -3.39. The van der Waals surface area contributed by atoms with Crippen LogP contribution in [-0.2, 0) is 19.1 Å². The maximum Gasteiger partial charge on any atom is 0.407 e. The highest BCUT2D eigenvalue weighted by atomic mass is 16.5. The van der Waals surface area contributed by atoms with Crippen molar-refractivity contribution < 1.29 is 29.0 Å². The standard InChI is InChI=1S/C26H30N2O6/c1-3-16(2)22(23(29)28-26(24(30)31)12-13-33-15-26)27-25(32)34-14-21-19-10-6-4-8-17(19)18-9-5-7-11-20(18)21/h4-11,16,21-22H,3,12-15H2,1-2H3,(H,27,32)(H,28,29)(H,30,31)/t16-,22-,26?/m0/s1. The fourth-order valence-corrected chi connectivity index (χ4v) is 4.67. The second-order valence-corrected chi connectivity index (χ2v) is 9.01. The molecule has 1 unspecified atom stereocenters. The fourth-order valence-electron chi connectivity index (χ4n) is 4.67. The third-order valence-electron chi connectivity index (χ3n) is 6.91. The lowest BCUT2D eigenvalue weighted by molar-refractivity contribution is -0.148. The number of hydrogen-bond donors (Lipinski definition) is 3. The molecule has 0 saturated carbocycles. The van der Waals surface area contributed by atoms with Crippen molar-refractivity contribution in [3.63, 3.8) is 0 Å². The minimum atomic E-state index is -1.48. The van der Waals surface area contributed by atoms with Gasteiger partial charge in [-0.3, -0.25) is 4.79 Å². The van der Waals surface area contributed by atoms with E-state index in [9.17, 15) is 19.5 Å². The lowest BCUT2D eigenvalue weighted by atomic mass is 9.94. The quantitative estimate of drug-likeness (QED) is 0.550. The van der Waals surface area contributed by atoms with Gasteiger partial charge < -0.3 is 25.2 Å². The highest BCUT2D eigenvalue weighted by Crippen LogP contribution is 2.44. The number of alkyl carbamates (subject to hydrolysis) is 1. The lowest BCUT2D eigenvalue weighted by Crippen LogP contribution is -2.61. The number of carbonyl (C=O) groups is 3. The van der Waals surface area contributed by atoms with Crippen molar-refractivity contribution >= 4 is 18.0 Å². The number of fused-ring (bicyclic) bond motifs is 3. The van der Waals surface area contributed by atoms with Crippen LogP contribution in [0.3, 0.4) is 0 Å². The van der Waals surface area contributed by atoms with Crippen molar-refractivity contribution in [1.29, 1.82) is 0 Å². The number of ether oxygens (including phenoxy) is 2.